The van der Waals surface area contributed by atoms with E-state index in [1.165, 1.54) is 0 Å². The number of rotatable bonds is 7. The van der Waals surface area contributed by atoms with Crippen LogP contribution >= 0.6 is 22.6 Å². The topological polar surface area (TPSA) is 101 Å². The maximum Gasteiger partial charge on any atom is 0.239 e. The number of nitrogens with zero attached hydrogens (tertiary/aromatic N) is 9. The average molecular weight is 646 g/mol. The van der Waals surface area contributed by atoms with Crippen LogP contribution in [0, 0.1) is 6.92 Å². The Morgan fingerprint density at radius 1 is 1.00 bits per heavy atom. The number of anilines is 1. The summed E-state index contributed by atoms with van der Waals surface area (Å²) in [4.78, 5) is 27.2. The van der Waals surface area contributed by atoms with E-state index in [9.17, 15) is 5.11 Å². The molecule has 0 radical (unpaired) electrons. The Morgan fingerprint density at radius 3 is 2.46 bits per heavy atom. The van der Waals surface area contributed by atoms with Gasteiger partial charge in [0.25, 0.3) is 0 Å². The van der Waals surface area contributed by atoms with Gasteiger partial charge >= 0.3 is 0 Å². The highest BCUT2D eigenvalue weighted by Crippen LogP contribution is 2.28. The first kappa shape index (κ1) is 26.8. The number of imidazole rings is 2. The summed E-state index contributed by atoms with van der Waals surface area (Å²) in [5.74, 6) is 3.30. The number of aromatic nitrogens is 6. The maximum atomic E-state index is 10.2. The Morgan fingerprint density at radius 2 is 1.74 bits per heavy atom. The van der Waals surface area contributed by atoms with Gasteiger partial charge in [-0.3, -0.25) is 14.4 Å². The van der Waals surface area contributed by atoms with E-state index < -0.39 is 0 Å². The van der Waals surface area contributed by atoms with Gasteiger partial charge in [-0.15, -0.1) is 0 Å². The van der Waals surface area contributed by atoms with Crippen molar-refractivity contribution in [3.05, 3.63) is 35.9 Å². The van der Waals surface area contributed by atoms with Gasteiger partial charge in [0.1, 0.15) is 15.8 Å². The van der Waals surface area contributed by atoms with Crippen LogP contribution in [0.2, 0.25) is 0 Å². The van der Waals surface area contributed by atoms with E-state index in [1.807, 2.05) is 29.7 Å². The van der Waals surface area contributed by atoms with E-state index in [2.05, 4.69) is 61.9 Å². The number of piperazine rings is 1. The number of para-hydroxylation sites is 2. The van der Waals surface area contributed by atoms with Crippen LogP contribution in [0.1, 0.15) is 25.0 Å². The van der Waals surface area contributed by atoms with Gasteiger partial charge in [0.05, 0.1) is 30.8 Å². The molecule has 2 saturated heterocycles. The third-order valence-electron chi connectivity index (χ3n) is 8.00. The summed E-state index contributed by atoms with van der Waals surface area (Å²) in [6, 6.07) is 8.31. The number of aryl methyl sites for hydroxylation is 2. The second kappa shape index (κ2) is 11.2. The molecule has 0 saturated carbocycles. The van der Waals surface area contributed by atoms with Crippen LogP contribution in [0.4, 0.5) is 5.82 Å². The van der Waals surface area contributed by atoms with Gasteiger partial charge in [-0.25, -0.2) is 9.97 Å². The summed E-state index contributed by atoms with van der Waals surface area (Å²) in [5.41, 5.74) is 3.57. The molecular formula is C27H36IN9O2. The van der Waals surface area contributed by atoms with Crippen LogP contribution < -0.4 is 4.90 Å². The number of hydrogen-bond donors (Lipinski definition) is 1. The monoisotopic (exact) mass is 645 g/mol. The molecule has 2 unspecified atom stereocenters. The molecule has 0 amide bonds. The number of alkyl halides is 1. The number of benzene rings is 1. The quantitative estimate of drug-likeness (QED) is 0.240. The highest BCUT2D eigenvalue weighted by Gasteiger charge is 2.28. The lowest BCUT2D eigenvalue weighted by Gasteiger charge is -2.39. The van der Waals surface area contributed by atoms with Crippen molar-refractivity contribution in [3.63, 3.8) is 0 Å². The van der Waals surface area contributed by atoms with E-state index in [0.29, 0.717) is 19.2 Å². The summed E-state index contributed by atoms with van der Waals surface area (Å²) in [7, 11) is 2.05. The van der Waals surface area contributed by atoms with E-state index in [0.717, 1.165) is 91.9 Å². The van der Waals surface area contributed by atoms with Crippen molar-refractivity contribution >= 4 is 50.6 Å². The number of halogens is 1. The van der Waals surface area contributed by atoms with Crippen LogP contribution in [0.5, 0.6) is 0 Å². The fourth-order valence-electron chi connectivity index (χ4n) is 5.80. The third-order valence-corrected chi connectivity index (χ3v) is 8.83. The van der Waals surface area contributed by atoms with Gasteiger partial charge in [-0.05, 0) is 48.1 Å². The maximum absolute atomic E-state index is 10.2. The summed E-state index contributed by atoms with van der Waals surface area (Å²) < 4.78 is 9.45. The van der Waals surface area contributed by atoms with Gasteiger partial charge in [0, 0.05) is 52.4 Å². The minimum atomic E-state index is -0.346. The third kappa shape index (κ3) is 5.12. The molecule has 0 bridgehead atoms. The standard InChI is InChI=1S/C27H36IN9O2/c1-4-20(24(28)38)35-11-9-34(10-12-35)17-22-30-23-25(33(22)3)31-27(32-26(23)36-13-15-39-16-14-36)37-18(2)29-19-7-5-6-8-21(19)37/h5-8,20,24,38H,4,9-17H2,1-3H3. The molecular weight excluding hydrogens is 609 g/mol. The molecule has 0 aliphatic carbocycles. The number of hydrogen-bond acceptors (Lipinski definition) is 9. The zero-order chi connectivity index (χ0) is 27.1. The first-order valence-electron chi connectivity index (χ1n) is 13.7. The average Bonchev–Trinajstić information content (AvgIpc) is 3.45. The first-order valence-corrected chi connectivity index (χ1v) is 15.0. The van der Waals surface area contributed by atoms with Crippen molar-refractivity contribution in [3.8, 4) is 5.95 Å². The van der Waals surface area contributed by atoms with Gasteiger partial charge in [0.2, 0.25) is 5.95 Å². The Hall–Kier alpha value is -2.39. The zero-order valence-electron chi connectivity index (χ0n) is 22.8. The van der Waals surface area contributed by atoms with Crippen molar-refractivity contribution in [1.29, 1.82) is 0 Å². The zero-order valence-corrected chi connectivity index (χ0v) is 25.0. The summed E-state index contributed by atoms with van der Waals surface area (Å²) >= 11 is 2.13. The summed E-state index contributed by atoms with van der Waals surface area (Å²) in [6.45, 7) is 11.5. The summed E-state index contributed by atoms with van der Waals surface area (Å²) in [6.07, 6.45) is 0.950. The lowest BCUT2D eigenvalue weighted by atomic mass is 10.1. The Bertz CT molecular complexity index is 1450. The Kier molecular flexibility index (Phi) is 7.73. The minimum Gasteiger partial charge on any atom is -0.381 e. The highest BCUT2D eigenvalue weighted by molar-refractivity contribution is 14.1. The van der Waals surface area contributed by atoms with Crippen LogP contribution in [-0.2, 0) is 18.3 Å². The second-order valence-corrected chi connectivity index (χ2v) is 11.6. The van der Waals surface area contributed by atoms with Gasteiger partial charge < -0.3 is 19.3 Å². The molecule has 2 aliphatic heterocycles. The van der Waals surface area contributed by atoms with Crippen molar-refractivity contribution in [2.24, 2.45) is 7.05 Å². The van der Waals surface area contributed by atoms with Crippen molar-refractivity contribution in [1.82, 2.24) is 38.9 Å². The second-order valence-electron chi connectivity index (χ2n) is 10.3. The Balaban J connectivity index is 1.35. The van der Waals surface area contributed by atoms with Crippen LogP contribution in [0.25, 0.3) is 28.1 Å². The van der Waals surface area contributed by atoms with Crippen molar-refractivity contribution in [2.45, 2.75) is 37.0 Å². The van der Waals surface area contributed by atoms with E-state index >= 15 is 0 Å². The molecule has 0 spiro atoms. The fraction of sp³-hybridized carbons (Fsp3) is 0.556. The predicted molar refractivity (Wildman–Crippen MR) is 160 cm³/mol. The number of morpholine rings is 1. The molecule has 1 N–H and O–H groups in total. The molecule has 3 aromatic heterocycles. The molecule has 2 atom stereocenters. The number of fused-ring (bicyclic) bond motifs is 2. The van der Waals surface area contributed by atoms with Crippen LogP contribution in [-0.4, -0.2) is 107 Å². The molecule has 208 valence electrons. The first-order chi connectivity index (χ1) is 18.9. The normalized spacial score (nSPS) is 19.3. The van der Waals surface area contributed by atoms with Gasteiger partial charge in [0.15, 0.2) is 17.0 Å². The molecule has 2 aliphatic rings. The van der Waals surface area contributed by atoms with E-state index in [-0.39, 0.29) is 10.2 Å². The number of aliphatic hydroxyl groups excluding tert-OH is 1. The minimum absolute atomic E-state index is 0.205. The predicted octanol–water partition coefficient (Wildman–Crippen LogP) is 2.50. The molecule has 39 heavy (non-hydrogen) atoms. The van der Waals surface area contributed by atoms with Gasteiger partial charge in [-0.2, -0.15) is 9.97 Å². The molecule has 4 aromatic rings. The summed E-state index contributed by atoms with van der Waals surface area (Å²) in [5, 5.41) is 10.2. The molecule has 6 rings (SSSR count). The number of aliphatic hydroxyl groups is 1. The number of ether oxygens (including phenoxy) is 1. The van der Waals surface area contributed by atoms with Crippen LogP contribution in [0.15, 0.2) is 24.3 Å². The molecule has 12 heteroatoms. The molecule has 2 fully saturated rings. The lowest BCUT2D eigenvalue weighted by Crippen LogP contribution is -2.52. The Labute approximate surface area is 241 Å². The van der Waals surface area contributed by atoms with Crippen molar-refractivity contribution < 1.29 is 9.84 Å². The van der Waals surface area contributed by atoms with E-state index in [4.69, 9.17) is 24.7 Å². The molecule has 1 aromatic carbocycles. The smallest absolute Gasteiger partial charge is 0.239 e. The highest BCUT2D eigenvalue weighted by atomic mass is 127. The molecule has 11 nitrogen and oxygen atoms in total. The molecule has 5 heterocycles. The van der Waals surface area contributed by atoms with Crippen LogP contribution in [0.3, 0.4) is 0 Å². The van der Waals surface area contributed by atoms with Gasteiger partial charge in [-0.1, -0.05) is 19.1 Å². The SMILES string of the molecule is CCC(C(O)I)N1CCN(Cc2nc3c(N4CCOCC4)nc(-n4c(C)nc5ccccc54)nc3n2C)CC1. The largest absolute Gasteiger partial charge is 0.381 e. The van der Waals surface area contributed by atoms with E-state index in [1.54, 1.807) is 0 Å². The fourth-order valence-corrected chi connectivity index (χ4v) is 6.76. The lowest BCUT2D eigenvalue weighted by molar-refractivity contribution is 0.0535. The van der Waals surface area contributed by atoms with Crippen molar-refractivity contribution in [2.75, 3.05) is 57.4 Å².